The number of hydrogen-bond donors (Lipinski definition) is 2. The number of aryl methyl sites for hydroxylation is 2. The summed E-state index contributed by atoms with van der Waals surface area (Å²) in [5.41, 5.74) is 4.20. The van der Waals surface area contributed by atoms with Crippen LogP contribution in [0.4, 0.5) is 11.4 Å². The Hall–Kier alpha value is -4.32. The molecule has 2 N–H and O–H groups in total. The number of ether oxygens (including phenoxy) is 1. The molecule has 0 spiro atoms. The van der Waals surface area contributed by atoms with Crippen molar-refractivity contribution in [1.29, 1.82) is 5.26 Å². The Morgan fingerprint density at radius 2 is 1.70 bits per heavy atom. The molecule has 40 heavy (non-hydrogen) atoms. The molecule has 0 bridgehead atoms. The summed E-state index contributed by atoms with van der Waals surface area (Å²) in [7, 11) is 0. The standard InChI is InChI=1S/C31H27ClN4O3S/c1-4-39-24-15-13-23(14-16-24)35-27(37)18-40-31-25(17-33)29(21-9-11-22(32)12-10-21)28(20(3)34-31)30(38)36-26-8-6-5-7-19(26)2/h5-16H,4,18H2,1-3H3,(H,35,37)(H,36,38). The number of halogens is 1. The van der Waals surface area contributed by atoms with Gasteiger partial charge >= 0.3 is 0 Å². The monoisotopic (exact) mass is 570 g/mol. The summed E-state index contributed by atoms with van der Waals surface area (Å²) in [6.45, 7) is 6.08. The van der Waals surface area contributed by atoms with Crippen LogP contribution in [0.3, 0.4) is 0 Å². The van der Waals surface area contributed by atoms with Gasteiger partial charge in [-0.3, -0.25) is 9.59 Å². The largest absolute Gasteiger partial charge is 0.494 e. The van der Waals surface area contributed by atoms with Gasteiger partial charge in [0.25, 0.3) is 5.91 Å². The zero-order valence-electron chi connectivity index (χ0n) is 22.2. The van der Waals surface area contributed by atoms with Crippen molar-refractivity contribution in [1.82, 2.24) is 4.98 Å². The second-order valence-electron chi connectivity index (χ2n) is 8.81. The number of amides is 2. The van der Waals surface area contributed by atoms with Crippen LogP contribution in [-0.4, -0.2) is 29.2 Å². The predicted molar refractivity (Wildman–Crippen MR) is 160 cm³/mol. The van der Waals surface area contributed by atoms with Gasteiger partial charge in [0.1, 0.15) is 16.8 Å². The Labute approximate surface area is 242 Å². The van der Waals surface area contributed by atoms with Crippen molar-refractivity contribution in [3.8, 4) is 22.9 Å². The van der Waals surface area contributed by atoms with Crippen molar-refractivity contribution in [2.45, 2.75) is 25.8 Å². The maximum Gasteiger partial charge on any atom is 0.258 e. The van der Waals surface area contributed by atoms with Gasteiger partial charge in [-0.2, -0.15) is 5.26 Å². The number of carbonyl (C=O) groups is 2. The van der Waals surface area contributed by atoms with E-state index in [1.165, 1.54) is 0 Å². The summed E-state index contributed by atoms with van der Waals surface area (Å²) < 4.78 is 5.44. The van der Waals surface area contributed by atoms with E-state index < -0.39 is 0 Å². The lowest BCUT2D eigenvalue weighted by molar-refractivity contribution is -0.113. The predicted octanol–water partition coefficient (Wildman–Crippen LogP) is 7.27. The van der Waals surface area contributed by atoms with Gasteiger partial charge < -0.3 is 15.4 Å². The molecular formula is C31H27ClN4O3S. The van der Waals surface area contributed by atoms with E-state index in [2.05, 4.69) is 21.7 Å². The number of thioether (sulfide) groups is 1. The molecule has 1 heterocycles. The third-order valence-corrected chi connectivity index (χ3v) is 7.23. The first-order valence-electron chi connectivity index (χ1n) is 12.5. The number of nitrogens with zero attached hydrogens (tertiary/aromatic N) is 2. The molecule has 0 unspecified atom stereocenters. The number of rotatable bonds is 9. The van der Waals surface area contributed by atoms with Gasteiger partial charge in [-0.25, -0.2) is 4.98 Å². The van der Waals surface area contributed by atoms with Crippen molar-refractivity contribution in [2.75, 3.05) is 23.0 Å². The van der Waals surface area contributed by atoms with Crippen LogP contribution in [0.15, 0.2) is 77.8 Å². The Balaban J connectivity index is 1.66. The minimum atomic E-state index is -0.384. The topological polar surface area (TPSA) is 104 Å². The summed E-state index contributed by atoms with van der Waals surface area (Å²) in [5, 5.41) is 16.9. The minimum Gasteiger partial charge on any atom is -0.494 e. The van der Waals surface area contributed by atoms with Crippen LogP contribution < -0.4 is 15.4 Å². The highest BCUT2D eigenvalue weighted by Gasteiger charge is 2.25. The maximum absolute atomic E-state index is 13.6. The summed E-state index contributed by atoms with van der Waals surface area (Å²) in [4.78, 5) is 30.9. The van der Waals surface area contributed by atoms with Crippen molar-refractivity contribution in [3.63, 3.8) is 0 Å². The van der Waals surface area contributed by atoms with Crippen molar-refractivity contribution in [3.05, 3.63) is 100 Å². The van der Waals surface area contributed by atoms with Crippen molar-refractivity contribution >= 4 is 46.6 Å². The fraction of sp³-hybridized carbons (Fsp3) is 0.161. The van der Waals surface area contributed by atoms with Crippen LogP contribution in [0.2, 0.25) is 5.02 Å². The molecule has 0 radical (unpaired) electrons. The number of benzene rings is 3. The normalized spacial score (nSPS) is 10.5. The highest BCUT2D eigenvalue weighted by Crippen LogP contribution is 2.36. The Morgan fingerprint density at radius 1 is 1.00 bits per heavy atom. The molecule has 1 aromatic heterocycles. The summed E-state index contributed by atoms with van der Waals surface area (Å²) in [6.07, 6.45) is 0. The van der Waals surface area contributed by atoms with E-state index in [9.17, 15) is 14.9 Å². The Bertz CT molecular complexity index is 1580. The van der Waals surface area contributed by atoms with E-state index in [1.807, 2.05) is 38.1 Å². The van der Waals surface area contributed by atoms with E-state index in [1.54, 1.807) is 55.5 Å². The third kappa shape index (κ3) is 6.81. The molecule has 3 aromatic carbocycles. The number of nitrogens with one attached hydrogen (secondary N) is 2. The number of pyridine rings is 1. The molecule has 2 amide bonds. The molecule has 7 nitrogen and oxygen atoms in total. The van der Waals surface area contributed by atoms with Crippen LogP contribution in [0.1, 0.15) is 34.1 Å². The van der Waals surface area contributed by atoms with Gasteiger partial charge in [0.2, 0.25) is 5.91 Å². The SMILES string of the molecule is CCOc1ccc(NC(=O)CSc2nc(C)c(C(=O)Nc3ccccc3C)c(-c3ccc(Cl)cc3)c2C#N)cc1. The molecule has 202 valence electrons. The zero-order chi connectivity index (χ0) is 28.6. The average molecular weight is 571 g/mol. The van der Waals surface area contributed by atoms with Gasteiger partial charge in [0.15, 0.2) is 0 Å². The molecule has 0 aliphatic carbocycles. The molecule has 4 rings (SSSR count). The number of carbonyl (C=O) groups excluding carboxylic acids is 2. The van der Waals surface area contributed by atoms with Gasteiger partial charge in [-0.1, -0.05) is 53.7 Å². The van der Waals surface area contributed by atoms with Gasteiger partial charge in [0, 0.05) is 22.0 Å². The van der Waals surface area contributed by atoms with Gasteiger partial charge in [0.05, 0.1) is 29.2 Å². The Kier molecular flexibility index (Phi) is 9.43. The third-order valence-electron chi connectivity index (χ3n) is 6.00. The first-order valence-corrected chi connectivity index (χ1v) is 13.9. The maximum atomic E-state index is 13.6. The first-order chi connectivity index (χ1) is 19.3. The van der Waals surface area contributed by atoms with Crippen LogP contribution >= 0.6 is 23.4 Å². The summed E-state index contributed by atoms with van der Waals surface area (Å²) in [5.74, 6) is 0.0929. The van der Waals surface area contributed by atoms with Gasteiger partial charge in [-0.15, -0.1) is 0 Å². The lowest BCUT2D eigenvalue weighted by atomic mass is 9.94. The number of hydrogen-bond acceptors (Lipinski definition) is 6. The molecule has 9 heteroatoms. The smallest absolute Gasteiger partial charge is 0.258 e. The lowest BCUT2D eigenvalue weighted by Gasteiger charge is -2.17. The fourth-order valence-electron chi connectivity index (χ4n) is 4.10. The molecule has 0 aliphatic rings. The van der Waals surface area contributed by atoms with Crippen molar-refractivity contribution < 1.29 is 14.3 Å². The molecule has 0 atom stereocenters. The van der Waals surface area contributed by atoms with E-state index in [-0.39, 0.29) is 28.7 Å². The van der Waals surface area contributed by atoms with E-state index in [4.69, 9.17) is 16.3 Å². The number of aromatic nitrogens is 1. The molecule has 0 fully saturated rings. The van der Waals surface area contributed by atoms with E-state index >= 15 is 0 Å². The molecule has 0 saturated carbocycles. The highest BCUT2D eigenvalue weighted by atomic mass is 35.5. The van der Waals surface area contributed by atoms with Gasteiger partial charge in [-0.05, 0) is 74.4 Å². The number of nitriles is 1. The van der Waals surface area contributed by atoms with E-state index in [0.29, 0.717) is 44.9 Å². The number of para-hydroxylation sites is 1. The molecular weight excluding hydrogens is 544 g/mol. The second-order valence-corrected chi connectivity index (χ2v) is 10.2. The second kappa shape index (κ2) is 13.2. The van der Waals surface area contributed by atoms with Crippen LogP contribution in [0.5, 0.6) is 5.75 Å². The molecule has 0 aliphatic heterocycles. The minimum absolute atomic E-state index is 0.0170. The Morgan fingerprint density at radius 3 is 2.35 bits per heavy atom. The summed E-state index contributed by atoms with van der Waals surface area (Å²) in [6, 6.07) is 23.7. The number of anilines is 2. The highest BCUT2D eigenvalue weighted by molar-refractivity contribution is 8.00. The molecule has 4 aromatic rings. The van der Waals surface area contributed by atoms with Crippen LogP contribution in [0.25, 0.3) is 11.1 Å². The quantitative estimate of drug-likeness (QED) is 0.205. The molecule has 0 saturated heterocycles. The average Bonchev–Trinajstić information content (AvgIpc) is 2.94. The lowest BCUT2D eigenvalue weighted by Crippen LogP contribution is -2.18. The fourth-order valence-corrected chi connectivity index (χ4v) is 5.06. The summed E-state index contributed by atoms with van der Waals surface area (Å²) >= 11 is 7.26. The van der Waals surface area contributed by atoms with Crippen molar-refractivity contribution in [2.24, 2.45) is 0 Å². The van der Waals surface area contributed by atoms with E-state index in [0.717, 1.165) is 23.1 Å². The van der Waals surface area contributed by atoms with Crippen LogP contribution in [-0.2, 0) is 4.79 Å². The first kappa shape index (κ1) is 28.7. The zero-order valence-corrected chi connectivity index (χ0v) is 23.8. The van der Waals surface area contributed by atoms with Crippen LogP contribution in [0, 0.1) is 25.2 Å².